The van der Waals surface area contributed by atoms with Gasteiger partial charge in [0, 0.05) is 25.5 Å². The van der Waals surface area contributed by atoms with Crippen molar-refractivity contribution in [3.63, 3.8) is 0 Å². The van der Waals surface area contributed by atoms with Gasteiger partial charge < -0.3 is 15.2 Å². The van der Waals surface area contributed by atoms with E-state index in [1.54, 1.807) is 49.7 Å². The summed E-state index contributed by atoms with van der Waals surface area (Å²) in [5, 5.41) is 27.0. The number of rotatable bonds is 7. The third kappa shape index (κ3) is 4.34. The summed E-state index contributed by atoms with van der Waals surface area (Å²) < 4.78 is 6.54. The van der Waals surface area contributed by atoms with Gasteiger partial charge in [0.15, 0.2) is 5.82 Å². The van der Waals surface area contributed by atoms with Crippen molar-refractivity contribution in [2.24, 2.45) is 0 Å². The molecular weight excluding hydrogens is 406 g/mol. The predicted molar refractivity (Wildman–Crippen MR) is 118 cm³/mol. The second-order valence-corrected chi connectivity index (χ2v) is 8.07. The second kappa shape index (κ2) is 9.20. The predicted octanol–water partition coefficient (Wildman–Crippen LogP) is 3.59. The number of nitriles is 1. The molecule has 8 heteroatoms. The normalized spacial score (nSPS) is 14.8. The fourth-order valence-electron chi connectivity index (χ4n) is 4.18. The van der Waals surface area contributed by atoms with Crippen LogP contribution in [0.2, 0.25) is 0 Å². The van der Waals surface area contributed by atoms with Crippen LogP contribution < -0.4 is 5.32 Å². The first-order valence-electron chi connectivity index (χ1n) is 10.6. The van der Waals surface area contributed by atoms with Crippen LogP contribution in [0.3, 0.4) is 0 Å². The smallest absolute Gasteiger partial charge is 0.253 e. The minimum atomic E-state index is -0.220. The highest BCUT2D eigenvalue weighted by atomic mass is 16.5. The monoisotopic (exact) mass is 431 g/mol. The van der Waals surface area contributed by atoms with Gasteiger partial charge >= 0.3 is 0 Å². The minimum absolute atomic E-state index is 0.0658. The maximum Gasteiger partial charge on any atom is 0.253 e. The van der Waals surface area contributed by atoms with E-state index in [2.05, 4.69) is 21.5 Å². The molecule has 0 unspecified atom stereocenters. The standard InChI is InChI=1S/C24H25N5O3/c1-32-13-12-24(10-2-3-11-24)28-22(30)19-8-9-21(26-15-19)29-23(31)20(16-27-29)18-6-4-17(14-25)5-7-18/h4-9,15-16,31H,2-3,10-13H2,1H3,(H,28,30). The Morgan fingerprint density at radius 1 is 1.22 bits per heavy atom. The van der Waals surface area contributed by atoms with E-state index in [0.717, 1.165) is 37.7 Å². The average molecular weight is 431 g/mol. The number of benzene rings is 1. The zero-order valence-electron chi connectivity index (χ0n) is 17.9. The summed E-state index contributed by atoms with van der Waals surface area (Å²) in [6, 6.07) is 12.3. The summed E-state index contributed by atoms with van der Waals surface area (Å²) in [6.07, 6.45) is 7.92. The lowest BCUT2D eigenvalue weighted by molar-refractivity contribution is 0.0865. The topological polar surface area (TPSA) is 113 Å². The van der Waals surface area contributed by atoms with Gasteiger partial charge in [-0.25, -0.2) is 4.98 Å². The fraction of sp³-hybridized carbons (Fsp3) is 0.333. The van der Waals surface area contributed by atoms with Crippen LogP contribution >= 0.6 is 0 Å². The Kier molecular flexibility index (Phi) is 6.19. The van der Waals surface area contributed by atoms with Crippen molar-refractivity contribution < 1.29 is 14.6 Å². The van der Waals surface area contributed by atoms with Crippen LogP contribution in [0.4, 0.5) is 0 Å². The molecule has 0 aliphatic heterocycles. The molecule has 4 rings (SSSR count). The first-order chi connectivity index (χ1) is 15.5. The van der Waals surface area contributed by atoms with Crippen LogP contribution in [0, 0.1) is 11.3 Å². The maximum absolute atomic E-state index is 12.8. The SMILES string of the molecule is COCCC1(NC(=O)c2ccc(-n3ncc(-c4ccc(C#N)cc4)c3O)nc2)CCCC1. The van der Waals surface area contributed by atoms with Gasteiger partial charge in [-0.1, -0.05) is 25.0 Å². The molecule has 1 saturated carbocycles. The lowest BCUT2D eigenvalue weighted by atomic mass is 9.93. The van der Waals surface area contributed by atoms with E-state index in [4.69, 9.17) is 10.00 Å². The molecule has 0 spiro atoms. The molecule has 2 N–H and O–H groups in total. The summed E-state index contributed by atoms with van der Waals surface area (Å²) >= 11 is 0. The van der Waals surface area contributed by atoms with Gasteiger partial charge in [-0.15, -0.1) is 0 Å². The summed E-state index contributed by atoms with van der Waals surface area (Å²) in [4.78, 5) is 17.2. The molecule has 0 atom stereocenters. The molecule has 1 aliphatic carbocycles. The van der Waals surface area contributed by atoms with Gasteiger partial charge in [0.25, 0.3) is 5.91 Å². The third-order valence-corrected chi connectivity index (χ3v) is 6.02. The van der Waals surface area contributed by atoms with Crippen LogP contribution in [0.5, 0.6) is 5.88 Å². The van der Waals surface area contributed by atoms with Crippen molar-refractivity contribution in [1.82, 2.24) is 20.1 Å². The van der Waals surface area contributed by atoms with E-state index in [1.807, 2.05) is 0 Å². The maximum atomic E-state index is 12.8. The Labute approximate surface area is 186 Å². The molecule has 1 aliphatic rings. The number of aromatic hydroxyl groups is 1. The number of pyridine rings is 1. The first-order valence-corrected chi connectivity index (χ1v) is 10.6. The van der Waals surface area contributed by atoms with Gasteiger partial charge in [-0.2, -0.15) is 15.0 Å². The van der Waals surface area contributed by atoms with Crippen LogP contribution in [0.15, 0.2) is 48.8 Å². The molecule has 8 nitrogen and oxygen atoms in total. The lowest BCUT2D eigenvalue weighted by Crippen LogP contribution is -2.47. The van der Waals surface area contributed by atoms with E-state index in [9.17, 15) is 9.90 Å². The Morgan fingerprint density at radius 3 is 2.59 bits per heavy atom. The van der Waals surface area contributed by atoms with Crippen molar-refractivity contribution in [1.29, 1.82) is 5.26 Å². The molecule has 2 heterocycles. The number of hydrogen-bond acceptors (Lipinski definition) is 6. The number of carbonyl (C=O) groups is 1. The molecule has 2 aromatic heterocycles. The number of nitrogens with zero attached hydrogens (tertiary/aromatic N) is 4. The largest absolute Gasteiger partial charge is 0.493 e. The van der Waals surface area contributed by atoms with Crippen LogP contribution in [-0.2, 0) is 4.74 Å². The summed E-state index contributed by atoms with van der Waals surface area (Å²) in [7, 11) is 1.67. The quantitative estimate of drug-likeness (QED) is 0.591. The van der Waals surface area contributed by atoms with E-state index in [0.29, 0.717) is 29.1 Å². The first kappa shape index (κ1) is 21.5. The number of aromatic nitrogens is 3. The molecule has 0 radical (unpaired) electrons. The Bertz CT molecular complexity index is 1120. The van der Waals surface area contributed by atoms with E-state index < -0.39 is 0 Å². The van der Waals surface area contributed by atoms with Crippen molar-refractivity contribution in [2.75, 3.05) is 13.7 Å². The molecule has 1 aromatic carbocycles. The number of carbonyl (C=O) groups excluding carboxylic acids is 1. The number of methoxy groups -OCH3 is 1. The average Bonchev–Trinajstić information content (AvgIpc) is 3.45. The molecule has 164 valence electrons. The van der Waals surface area contributed by atoms with E-state index >= 15 is 0 Å². The molecule has 1 fully saturated rings. The Morgan fingerprint density at radius 2 is 1.97 bits per heavy atom. The molecule has 1 amide bonds. The lowest BCUT2D eigenvalue weighted by Gasteiger charge is -2.30. The zero-order chi connectivity index (χ0) is 22.6. The van der Waals surface area contributed by atoms with Crippen LogP contribution in [0.1, 0.15) is 48.0 Å². The second-order valence-electron chi connectivity index (χ2n) is 8.07. The molecule has 3 aromatic rings. The molecule has 32 heavy (non-hydrogen) atoms. The molecule has 0 saturated heterocycles. The summed E-state index contributed by atoms with van der Waals surface area (Å²) in [5.41, 5.74) is 2.04. The third-order valence-electron chi connectivity index (χ3n) is 6.02. The van der Waals surface area contributed by atoms with Crippen molar-refractivity contribution >= 4 is 5.91 Å². The number of nitrogens with one attached hydrogen (secondary N) is 1. The highest BCUT2D eigenvalue weighted by Crippen LogP contribution is 2.33. The van der Waals surface area contributed by atoms with Gasteiger partial charge in [0.05, 0.1) is 29.0 Å². The van der Waals surface area contributed by atoms with Gasteiger partial charge in [-0.3, -0.25) is 4.79 Å². The van der Waals surface area contributed by atoms with E-state index in [-0.39, 0.29) is 17.3 Å². The minimum Gasteiger partial charge on any atom is -0.493 e. The van der Waals surface area contributed by atoms with E-state index in [1.165, 1.54) is 10.9 Å². The van der Waals surface area contributed by atoms with Crippen LogP contribution in [0.25, 0.3) is 16.9 Å². The summed E-state index contributed by atoms with van der Waals surface area (Å²) in [6.45, 7) is 0.609. The van der Waals surface area contributed by atoms with Crippen molar-refractivity contribution in [2.45, 2.75) is 37.6 Å². The van der Waals surface area contributed by atoms with Crippen molar-refractivity contribution in [3.8, 4) is 28.9 Å². The molecular formula is C24H25N5O3. The Balaban J connectivity index is 1.51. The van der Waals surface area contributed by atoms with Gasteiger partial charge in [0.1, 0.15) is 0 Å². The van der Waals surface area contributed by atoms with Gasteiger partial charge in [-0.05, 0) is 49.1 Å². The number of ether oxygens (including phenoxy) is 1. The Hall–Kier alpha value is -3.70. The highest BCUT2D eigenvalue weighted by molar-refractivity contribution is 5.94. The fourth-order valence-corrected chi connectivity index (χ4v) is 4.18. The summed E-state index contributed by atoms with van der Waals surface area (Å²) in [5.74, 6) is 0.169. The number of amides is 1. The zero-order valence-corrected chi connectivity index (χ0v) is 17.9. The van der Waals surface area contributed by atoms with Crippen LogP contribution in [-0.4, -0.2) is 45.0 Å². The van der Waals surface area contributed by atoms with Crippen molar-refractivity contribution in [3.05, 3.63) is 59.9 Å². The highest BCUT2D eigenvalue weighted by Gasteiger charge is 2.35. The molecule has 0 bridgehead atoms. The van der Waals surface area contributed by atoms with Gasteiger partial charge in [0.2, 0.25) is 5.88 Å². The number of hydrogen-bond donors (Lipinski definition) is 2.